The average Bonchev–Trinajstić information content (AvgIpc) is 3.36. The third kappa shape index (κ3) is 5.38. The highest BCUT2D eigenvalue weighted by Crippen LogP contribution is 2.40. The molecule has 1 saturated heterocycles. The predicted octanol–water partition coefficient (Wildman–Crippen LogP) is 6.03. The van der Waals surface area contributed by atoms with Crippen LogP contribution in [0.3, 0.4) is 0 Å². The second kappa shape index (κ2) is 10.6. The van der Waals surface area contributed by atoms with Crippen LogP contribution in [0.2, 0.25) is 0 Å². The van der Waals surface area contributed by atoms with Crippen molar-refractivity contribution in [3.8, 4) is 23.1 Å². The van der Waals surface area contributed by atoms with E-state index in [0.29, 0.717) is 18.0 Å². The molecule has 2 N–H and O–H groups in total. The summed E-state index contributed by atoms with van der Waals surface area (Å²) in [6, 6.07) is 12.7. The molecule has 0 amide bonds. The predicted molar refractivity (Wildman–Crippen MR) is 128 cm³/mol. The normalized spacial score (nSPS) is 15.4. The number of aromatic nitrogens is 2. The number of ether oxygens (including phenoxy) is 1. The summed E-state index contributed by atoms with van der Waals surface area (Å²) >= 11 is 0. The number of rotatable bonds is 8. The first-order valence-electron chi connectivity index (χ1n) is 11.3. The molecule has 0 unspecified atom stereocenters. The maximum Gasteiger partial charge on any atom is 0.419 e. The van der Waals surface area contributed by atoms with E-state index in [2.05, 4.69) is 25.3 Å². The number of benzene rings is 1. The monoisotopic (exact) mass is 495 g/mol. The van der Waals surface area contributed by atoms with E-state index in [1.807, 2.05) is 24.3 Å². The van der Waals surface area contributed by atoms with Crippen LogP contribution in [0.25, 0.3) is 11.3 Å². The number of nitriles is 1. The van der Waals surface area contributed by atoms with Crippen molar-refractivity contribution in [2.24, 2.45) is 11.0 Å². The third-order valence-corrected chi connectivity index (χ3v) is 6.10. The van der Waals surface area contributed by atoms with Gasteiger partial charge in [-0.3, -0.25) is 0 Å². The molecule has 186 valence electrons. The lowest BCUT2D eigenvalue weighted by molar-refractivity contribution is -0.138. The van der Waals surface area contributed by atoms with E-state index in [1.54, 1.807) is 13.2 Å². The van der Waals surface area contributed by atoms with Gasteiger partial charge in [0.25, 0.3) is 0 Å². The molecule has 1 aliphatic rings. The summed E-state index contributed by atoms with van der Waals surface area (Å²) in [6.45, 7) is 1.79. The highest BCUT2D eigenvalue weighted by molar-refractivity contribution is 5.77. The van der Waals surface area contributed by atoms with Gasteiger partial charge in [-0.15, -0.1) is 0 Å². The first-order valence-corrected chi connectivity index (χ1v) is 11.3. The van der Waals surface area contributed by atoms with Gasteiger partial charge in [-0.25, -0.2) is 15.5 Å². The molecule has 1 fully saturated rings. The zero-order valence-electron chi connectivity index (χ0n) is 19.5. The minimum absolute atomic E-state index is 0.0215. The third-order valence-electron chi connectivity index (χ3n) is 6.10. The first kappa shape index (κ1) is 24.9. The SMILES string of the molecule is CNc1cc(-c2ccc(OCC[C@H]3CCN(c4ccccn4)C3)c(C(F)(F)F)c2)nc(C#N)c1N=N. The van der Waals surface area contributed by atoms with E-state index in [4.69, 9.17) is 10.3 Å². The van der Waals surface area contributed by atoms with E-state index < -0.39 is 11.7 Å². The number of pyridine rings is 2. The Morgan fingerprint density at radius 2 is 2.11 bits per heavy atom. The van der Waals surface area contributed by atoms with Crippen LogP contribution >= 0.6 is 0 Å². The summed E-state index contributed by atoms with van der Waals surface area (Å²) in [4.78, 5) is 10.6. The Morgan fingerprint density at radius 1 is 1.28 bits per heavy atom. The van der Waals surface area contributed by atoms with Crippen LogP contribution in [0.1, 0.15) is 24.1 Å². The van der Waals surface area contributed by atoms with Crippen LogP contribution < -0.4 is 15.0 Å². The summed E-state index contributed by atoms with van der Waals surface area (Å²) in [7, 11) is 1.56. The summed E-state index contributed by atoms with van der Waals surface area (Å²) < 4.78 is 47.3. The van der Waals surface area contributed by atoms with Crippen LogP contribution in [0, 0.1) is 22.8 Å². The van der Waals surface area contributed by atoms with Crippen molar-refractivity contribution in [3.63, 3.8) is 0 Å². The number of nitrogens with one attached hydrogen (secondary N) is 2. The van der Waals surface area contributed by atoms with Crippen molar-refractivity contribution < 1.29 is 17.9 Å². The molecule has 1 aromatic carbocycles. The fourth-order valence-electron chi connectivity index (χ4n) is 4.26. The number of hydrogen-bond acceptors (Lipinski definition) is 8. The largest absolute Gasteiger partial charge is 0.493 e. The van der Waals surface area contributed by atoms with Crippen LogP contribution in [0.5, 0.6) is 5.75 Å². The fourth-order valence-corrected chi connectivity index (χ4v) is 4.26. The van der Waals surface area contributed by atoms with E-state index >= 15 is 0 Å². The van der Waals surface area contributed by atoms with E-state index in [1.165, 1.54) is 18.2 Å². The molecule has 0 saturated carbocycles. The molecule has 2 aromatic heterocycles. The molecular formula is C25H24F3N7O. The number of anilines is 2. The molecule has 1 atom stereocenters. The molecule has 1 aliphatic heterocycles. The van der Waals surface area contributed by atoms with Crippen LogP contribution in [-0.2, 0) is 6.18 Å². The van der Waals surface area contributed by atoms with Crippen molar-refractivity contribution >= 4 is 17.2 Å². The smallest absolute Gasteiger partial charge is 0.419 e. The molecule has 36 heavy (non-hydrogen) atoms. The molecule has 0 spiro atoms. The standard InChI is InChI=1S/C25H24F3N7O/c1-31-20-13-19(33-21(14-29)24(20)34-30)17-5-6-22(18(12-17)25(26,27)28)36-11-8-16-7-10-35(15-16)23-4-2-3-9-32-23/h2-6,9,12-13,16,30H,7-8,10-11,15H2,1H3,(H,31,33)/t16-/m1/s1. The second-order valence-corrected chi connectivity index (χ2v) is 8.36. The highest BCUT2D eigenvalue weighted by Gasteiger charge is 2.35. The quantitative estimate of drug-likeness (QED) is 0.369. The van der Waals surface area contributed by atoms with Crippen molar-refractivity contribution in [2.45, 2.75) is 19.0 Å². The molecule has 3 aromatic rings. The Bertz CT molecular complexity index is 1280. The van der Waals surface area contributed by atoms with Gasteiger partial charge in [-0.1, -0.05) is 6.07 Å². The molecule has 11 heteroatoms. The minimum atomic E-state index is -4.64. The average molecular weight is 496 g/mol. The number of alkyl halides is 3. The maximum absolute atomic E-state index is 13.9. The number of nitrogens with zero attached hydrogens (tertiary/aromatic N) is 5. The lowest BCUT2D eigenvalue weighted by atomic mass is 10.0. The summed E-state index contributed by atoms with van der Waals surface area (Å²) in [6.07, 6.45) is -1.36. The molecule has 4 rings (SSSR count). The Balaban J connectivity index is 1.50. The van der Waals surface area contributed by atoms with Crippen LogP contribution in [-0.4, -0.2) is 36.7 Å². The Hall–Kier alpha value is -4.20. The van der Waals surface area contributed by atoms with Crippen LogP contribution in [0.4, 0.5) is 30.4 Å². The Morgan fingerprint density at radius 3 is 2.78 bits per heavy atom. The molecular weight excluding hydrogens is 471 g/mol. The highest BCUT2D eigenvalue weighted by atomic mass is 19.4. The van der Waals surface area contributed by atoms with Crippen molar-refractivity contribution in [1.29, 1.82) is 10.8 Å². The van der Waals surface area contributed by atoms with Crippen LogP contribution in [0.15, 0.2) is 53.8 Å². The number of halogens is 3. The maximum atomic E-state index is 13.9. The summed E-state index contributed by atoms with van der Waals surface area (Å²) in [5, 5.41) is 15.4. The summed E-state index contributed by atoms with van der Waals surface area (Å²) in [5.41, 5.74) is 6.84. The van der Waals surface area contributed by atoms with Gasteiger partial charge in [-0.2, -0.15) is 23.5 Å². The molecule has 3 heterocycles. The van der Waals surface area contributed by atoms with Gasteiger partial charge in [0, 0.05) is 31.9 Å². The van der Waals surface area contributed by atoms with Gasteiger partial charge < -0.3 is 15.0 Å². The van der Waals surface area contributed by atoms with Crippen molar-refractivity contribution in [2.75, 3.05) is 37.0 Å². The molecule has 0 bridgehead atoms. The van der Waals surface area contributed by atoms with E-state index in [-0.39, 0.29) is 35.0 Å². The van der Waals surface area contributed by atoms with Gasteiger partial charge in [0.05, 0.1) is 23.6 Å². The lowest BCUT2D eigenvalue weighted by Gasteiger charge is -2.18. The first-order chi connectivity index (χ1) is 17.3. The van der Waals surface area contributed by atoms with Gasteiger partial charge in [0.15, 0.2) is 5.69 Å². The number of hydrogen-bond donors (Lipinski definition) is 2. The Kier molecular flexibility index (Phi) is 7.33. The lowest BCUT2D eigenvalue weighted by Crippen LogP contribution is -2.21. The molecule has 8 nitrogen and oxygen atoms in total. The fraction of sp³-hybridized carbons (Fsp3) is 0.320. The van der Waals surface area contributed by atoms with Crippen molar-refractivity contribution in [3.05, 3.63) is 59.9 Å². The van der Waals surface area contributed by atoms with E-state index in [0.717, 1.165) is 31.4 Å². The minimum Gasteiger partial charge on any atom is -0.493 e. The molecule has 0 aliphatic carbocycles. The Labute approximate surface area is 206 Å². The second-order valence-electron chi connectivity index (χ2n) is 8.36. The topological polar surface area (TPSA) is 110 Å². The van der Waals surface area contributed by atoms with Gasteiger partial charge in [0.1, 0.15) is 23.3 Å². The van der Waals surface area contributed by atoms with Crippen molar-refractivity contribution in [1.82, 2.24) is 9.97 Å². The summed E-state index contributed by atoms with van der Waals surface area (Å²) in [5.74, 6) is 0.947. The van der Waals surface area contributed by atoms with Gasteiger partial charge in [-0.05, 0) is 55.2 Å². The van der Waals surface area contributed by atoms with Gasteiger partial charge in [0.2, 0.25) is 0 Å². The molecule has 0 radical (unpaired) electrons. The van der Waals surface area contributed by atoms with E-state index in [9.17, 15) is 18.4 Å². The zero-order valence-corrected chi connectivity index (χ0v) is 19.5. The zero-order chi connectivity index (χ0) is 25.7. The van der Waals surface area contributed by atoms with Gasteiger partial charge >= 0.3 is 6.18 Å².